The van der Waals surface area contributed by atoms with E-state index in [1.165, 1.54) is 5.57 Å². The predicted octanol–water partition coefficient (Wildman–Crippen LogP) is 2.52. The van der Waals surface area contributed by atoms with Gasteiger partial charge in [-0.15, -0.1) is 5.10 Å². The van der Waals surface area contributed by atoms with Crippen molar-refractivity contribution < 1.29 is 0 Å². The Morgan fingerprint density at radius 2 is 2.05 bits per heavy atom. The number of nitrogens with zero attached hydrogens (tertiary/aromatic N) is 3. The predicted molar refractivity (Wildman–Crippen MR) is 79.2 cm³/mol. The lowest BCUT2D eigenvalue weighted by molar-refractivity contribution is 0.420. The lowest BCUT2D eigenvalue weighted by Crippen LogP contribution is -2.35. The van der Waals surface area contributed by atoms with Crippen LogP contribution in [0.5, 0.6) is 0 Å². The van der Waals surface area contributed by atoms with E-state index >= 15 is 0 Å². The molecule has 2 rings (SSSR count). The monoisotopic (exact) mass is 260 g/mol. The van der Waals surface area contributed by atoms with Gasteiger partial charge in [0.1, 0.15) is 0 Å². The van der Waals surface area contributed by atoms with Crippen LogP contribution in [0.2, 0.25) is 0 Å². The van der Waals surface area contributed by atoms with Gasteiger partial charge in [-0.2, -0.15) is 5.10 Å². The molecule has 0 amide bonds. The van der Waals surface area contributed by atoms with Crippen molar-refractivity contribution in [1.29, 1.82) is 0 Å². The molecular formula is C15H24N4. The van der Waals surface area contributed by atoms with E-state index in [1.54, 1.807) is 0 Å². The summed E-state index contributed by atoms with van der Waals surface area (Å²) in [5.41, 5.74) is 2.56. The summed E-state index contributed by atoms with van der Waals surface area (Å²) in [6.45, 7) is 11.4. The molecule has 4 nitrogen and oxygen atoms in total. The first-order chi connectivity index (χ1) is 8.94. The van der Waals surface area contributed by atoms with Crippen LogP contribution in [0.1, 0.15) is 39.8 Å². The van der Waals surface area contributed by atoms with Gasteiger partial charge in [-0.1, -0.05) is 11.6 Å². The molecule has 0 aliphatic carbocycles. The Bertz CT molecular complexity index is 442. The third-order valence-electron chi connectivity index (χ3n) is 3.27. The molecule has 0 saturated heterocycles. The summed E-state index contributed by atoms with van der Waals surface area (Å²) in [6, 6.07) is 4.13. The van der Waals surface area contributed by atoms with Crippen molar-refractivity contribution in [3.63, 3.8) is 0 Å². The van der Waals surface area contributed by atoms with Crippen molar-refractivity contribution in [2.75, 3.05) is 18.0 Å². The molecule has 0 aromatic carbocycles. The number of hydrogen-bond acceptors (Lipinski definition) is 4. The van der Waals surface area contributed by atoms with Gasteiger partial charge in [0.25, 0.3) is 0 Å². The summed E-state index contributed by atoms with van der Waals surface area (Å²) in [6.07, 6.45) is 3.38. The number of anilines is 1. The Labute approximate surface area is 115 Å². The summed E-state index contributed by atoms with van der Waals surface area (Å²) >= 11 is 0. The normalized spacial score (nSPS) is 16.4. The first kappa shape index (κ1) is 14.0. The van der Waals surface area contributed by atoms with Gasteiger partial charge in [0.2, 0.25) is 0 Å². The van der Waals surface area contributed by atoms with Gasteiger partial charge < -0.3 is 10.2 Å². The second kappa shape index (κ2) is 5.70. The van der Waals surface area contributed by atoms with Crippen LogP contribution in [0.15, 0.2) is 23.8 Å². The molecule has 0 spiro atoms. The maximum atomic E-state index is 4.33. The fourth-order valence-electron chi connectivity index (χ4n) is 1.95. The van der Waals surface area contributed by atoms with E-state index in [0.29, 0.717) is 0 Å². The topological polar surface area (TPSA) is 41.0 Å². The molecular weight excluding hydrogens is 236 g/mol. The summed E-state index contributed by atoms with van der Waals surface area (Å²) in [4.78, 5) is 2.26. The molecule has 0 atom stereocenters. The fraction of sp³-hybridized carbons (Fsp3) is 0.600. The van der Waals surface area contributed by atoms with Crippen LogP contribution in [0.25, 0.3) is 0 Å². The molecule has 1 aliphatic heterocycles. The van der Waals surface area contributed by atoms with Gasteiger partial charge in [0.15, 0.2) is 5.82 Å². The zero-order valence-electron chi connectivity index (χ0n) is 12.4. The van der Waals surface area contributed by atoms with E-state index in [1.807, 2.05) is 0 Å². The number of aromatic nitrogens is 2. The van der Waals surface area contributed by atoms with Gasteiger partial charge in [-0.25, -0.2) is 0 Å². The molecule has 2 heterocycles. The van der Waals surface area contributed by atoms with Crippen molar-refractivity contribution in [3.05, 3.63) is 29.5 Å². The minimum atomic E-state index is 0.107. The van der Waals surface area contributed by atoms with Crippen LogP contribution in [0.4, 0.5) is 5.82 Å². The molecule has 0 unspecified atom stereocenters. The molecule has 0 fully saturated rings. The van der Waals surface area contributed by atoms with Gasteiger partial charge in [0, 0.05) is 25.2 Å². The van der Waals surface area contributed by atoms with Gasteiger partial charge in [-0.3, -0.25) is 0 Å². The van der Waals surface area contributed by atoms with Crippen LogP contribution in [0, 0.1) is 0 Å². The van der Waals surface area contributed by atoms with E-state index < -0.39 is 0 Å². The fourth-order valence-corrected chi connectivity index (χ4v) is 1.95. The highest BCUT2D eigenvalue weighted by atomic mass is 15.3. The van der Waals surface area contributed by atoms with Crippen molar-refractivity contribution in [2.24, 2.45) is 0 Å². The molecule has 0 radical (unpaired) electrons. The molecule has 1 aromatic rings. The number of rotatable bonds is 3. The van der Waals surface area contributed by atoms with E-state index in [2.05, 4.69) is 66.3 Å². The lowest BCUT2D eigenvalue weighted by Gasteiger charge is -2.26. The van der Waals surface area contributed by atoms with Crippen LogP contribution in [-0.2, 0) is 6.54 Å². The van der Waals surface area contributed by atoms with Gasteiger partial charge in [-0.05, 0) is 46.2 Å². The third kappa shape index (κ3) is 4.31. The molecule has 1 N–H and O–H groups in total. The molecule has 19 heavy (non-hydrogen) atoms. The number of hydrogen-bond donors (Lipinski definition) is 1. The standard InChI is InChI=1S/C15H24N4/c1-12-7-9-19(10-8-12)14-6-5-13(17-18-14)11-16-15(2,3)4/h5-7,16H,8-11H2,1-4H3. The Morgan fingerprint density at radius 1 is 1.26 bits per heavy atom. The molecule has 104 valence electrons. The summed E-state index contributed by atoms with van der Waals surface area (Å²) in [5.74, 6) is 0.975. The Hall–Kier alpha value is -1.42. The minimum absolute atomic E-state index is 0.107. The summed E-state index contributed by atoms with van der Waals surface area (Å²) in [7, 11) is 0. The smallest absolute Gasteiger partial charge is 0.151 e. The molecule has 1 aliphatic rings. The van der Waals surface area contributed by atoms with Gasteiger partial charge >= 0.3 is 0 Å². The molecule has 0 saturated carbocycles. The zero-order chi connectivity index (χ0) is 13.9. The highest BCUT2D eigenvalue weighted by Crippen LogP contribution is 2.16. The third-order valence-corrected chi connectivity index (χ3v) is 3.27. The quantitative estimate of drug-likeness (QED) is 0.848. The SMILES string of the molecule is CC1=CCN(c2ccc(CNC(C)(C)C)nn2)CC1. The van der Waals surface area contributed by atoms with Crippen molar-refractivity contribution in [1.82, 2.24) is 15.5 Å². The minimum Gasteiger partial charge on any atom is -0.351 e. The lowest BCUT2D eigenvalue weighted by atomic mass is 10.1. The second-order valence-electron chi connectivity index (χ2n) is 6.23. The molecule has 4 heteroatoms. The Morgan fingerprint density at radius 3 is 2.58 bits per heavy atom. The van der Waals surface area contributed by atoms with Crippen molar-refractivity contribution in [2.45, 2.75) is 46.2 Å². The first-order valence-electron chi connectivity index (χ1n) is 6.92. The average Bonchev–Trinajstić information content (AvgIpc) is 2.37. The molecule has 1 aromatic heterocycles. The van der Waals surface area contributed by atoms with Crippen molar-refractivity contribution in [3.8, 4) is 0 Å². The summed E-state index contributed by atoms with van der Waals surface area (Å²) in [5, 5.41) is 12.1. The highest BCUT2D eigenvalue weighted by molar-refractivity contribution is 5.40. The zero-order valence-corrected chi connectivity index (χ0v) is 12.4. The van der Waals surface area contributed by atoms with Crippen LogP contribution in [-0.4, -0.2) is 28.8 Å². The largest absolute Gasteiger partial charge is 0.351 e. The average molecular weight is 260 g/mol. The maximum Gasteiger partial charge on any atom is 0.151 e. The van der Waals surface area contributed by atoms with E-state index in [9.17, 15) is 0 Å². The van der Waals surface area contributed by atoms with E-state index in [-0.39, 0.29) is 5.54 Å². The van der Waals surface area contributed by atoms with Crippen LogP contribution < -0.4 is 10.2 Å². The Balaban J connectivity index is 1.95. The van der Waals surface area contributed by atoms with Crippen LogP contribution in [0.3, 0.4) is 0 Å². The van der Waals surface area contributed by atoms with E-state index in [0.717, 1.165) is 37.6 Å². The first-order valence-corrected chi connectivity index (χ1v) is 6.92. The highest BCUT2D eigenvalue weighted by Gasteiger charge is 2.12. The molecule has 0 bridgehead atoms. The summed E-state index contributed by atoms with van der Waals surface area (Å²) < 4.78 is 0. The van der Waals surface area contributed by atoms with Crippen LogP contribution >= 0.6 is 0 Å². The Kier molecular flexibility index (Phi) is 4.20. The number of nitrogens with one attached hydrogen (secondary N) is 1. The van der Waals surface area contributed by atoms with E-state index in [4.69, 9.17) is 0 Å². The second-order valence-corrected chi connectivity index (χ2v) is 6.23. The maximum absolute atomic E-state index is 4.33. The van der Waals surface area contributed by atoms with Gasteiger partial charge in [0.05, 0.1) is 5.69 Å². The van der Waals surface area contributed by atoms with Crippen molar-refractivity contribution >= 4 is 5.82 Å².